The van der Waals surface area contributed by atoms with Gasteiger partial charge in [0, 0.05) is 53.6 Å². The molecule has 0 saturated heterocycles. The second-order valence-electron chi connectivity index (χ2n) is 13.2. The summed E-state index contributed by atoms with van der Waals surface area (Å²) >= 11 is 1.79. The highest BCUT2D eigenvalue weighted by atomic mass is 32.1. The van der Waals surface area contributed by atoms with Gasteiger partial charge in [-0.25, -0.2) is 29.9 Å². The lowest BCUT2D eigenvalue weighted by Gasteiger charge is -2.09. The van der Waals surface area contributed by atoms with Crippen molar-refractivity contribution in [3.8, 4) is 79.5 Å². The van der Waals surface area contributed by atoms with Crippen molar-refractivity contribution in [2.75, 3.05) is 0 Å². The summed E-state index contributed by atoms with van der Waals surface area (Å²) in [6.07, 6.45) is 0. The Balaban J connectivity index is 0.994. The summed E-state index contributed by atoms with van der Waals surface area (Å²) in [6.45, 7) is 0. The van der Waals surface area contributed by atoms with E-state index in [1.807, 2.05) is 121 Å². The van der Waals surface area contributed by atoms with Crippen molar-refractivity contribution in [3.63, 3.8) is 0 Å². The summed E-state index contributed by atoms with van der Waals surface area (Å²) in [5, 5.41) is 2.38. The summed E-state index contributed by atoms with van der Waals surface area (Å²) in [6, 6.07) is 61.9. The molecule has 0 aliphatic carbocycles. The number of thiophene rings is 1. The van der Waals surface area contributed by atoms with Gasteiger partial charge < -0.3 is 0 Å². The Bertz CT molecular complexity index is 2840. The van der Waals surface area contributed by atoms with Crippen molar-refractivity contribution in [2.24, 2.45) is 0 Å². The van der Waals surface area contributed by atoms with Gasteiger partial charge in [-0.3, -0.25) is 0 Å². The maximum atomic E-state index is 4.96. The van der Waals surface area contributed by atoms with Crippen molar-refractivity contribution in [1.29, 1.82) is 0 Å². The van der Waals surface area contributed by atoms with E-state index in [-0.39, 0.29) is 0 Å². The minimum absolute atomic E-state index is 0.639. The fourth-order valence-corrected chi connectivity index (χ4v) is 7.91. The number of fused-ring (bicyclic) bond motifs is 3. The van der Waals surface area contributed by atoms with Gasteiger partial charge >= 0.3 is 0 Å². The molecule has 0 spiro atoms. The number of benzene rings is 7. The van der Waals surface area contributed by atoms with Crippen molar-refractivity contribution in [2.45, 2.75) is 0 Å². The Morgan fingerprint density at radius 1 is 0.236 bits per heavy atom. The van der Waals surface area contributed by atoms with E-state index in [2.05, 4.69) is 60.7 Å². The molecule has 0 radical (unpaired) electrons. The summed E-state index contributed by atoms with van der Waals surface area (Å²) in [5.74, 6) is 3.89. The number of rotatable bonds is 7. The molecule has 0 saturated carbocycles. The molecule has 0 unspecified atom stereocenters. The van der Waals surface area contributed by atoms with Gasteiger partial charge in [0.05, 0.1) is 0 Å². The molecule has 258 valence electrons. The molecule has 0 bridgehead atoms. The van der Waals surface area contributed by atoms with Gasteiger partial charge in [0.15, 0.2) is 34.9 Å². The van der Waals surface area contributed by atoms with Gasteiger partial charge in [0.1, 0.15) is 0 Å². The first-order valence-electron chi connectivity index (χ1n) is 18.0. The smallest absolute Gasteiger partial charge is 0.164 e. The minimum Gasteiger partial charge on any atom is -0.208 e. The zero-order valence-electron chi connectivity index (χ0n) is 29.4. The first kappa shape index (κ1) is 32.4. The predicted molar refractivity (Wildman–Crippen MR) is 224 cm³/mol. The van der Waals surface area contributed by atoms with Crippen LogP contribution in [0.2, 0.25) is 0 Å². The lowest BCUT2D eigenvalue weighted by Crippen LogP contribution is -2.00. The third-order valence-electron chi connectivity index (χ3n) is 9.60. The highest BCUT2D eigenvalue weighted by Gasteiger charge is 2.16. The summed E-state index contributed by atoms with van der Waals surface area (Å²) < 4.78 is 2.43. The van der Waals surface area contributed by atoms with Gasteiger partial charge in [0.2, 0.25) is 0 Å². The van der Waals surface area contributed by atoms with E-state index in [4.69, 9.17) is 29.9 Å². The van der Waals surface area contributed by atoms with Crippen LogP contribution in [-0.2, 0) is 0 Å². The Morgan fingerprint density at radius 2 is 0.582 bits per heavy atom. The van der Waals surface area contributed by atoms with E-state index in [1.165, 1.54) is 20.2 Å². The fourth-order valence-electron chi connectivity index (χ4n) is 6.78. The quantitative estimate of drug-likeness (QED) is 0.163. The van der Waals surface area contributed by atoms with Crippen LogP contribution in [0.1, 0.15) is 0 Å². The number of hydrogen-bond donors (Lipinski definition) is 0. The van der Waals surface area contributed by atoms with Crippen molar-refractivity contribution >= 4 is 31.5 Å². The molecule has 0 aliphatic rings. The summed E-state index contributed by atoms with van der Waals surface area (Å²) in [4.78, 5) is 29.4. The van der Waals surface area contributed by atoms with E-state index in [0.29, 0.717) is 34.9 Å². The third-order valence-corrected chi connectivity index (χ3v) is 10.7. The van der Waals surface area contributed by atoms with Gasteiger partial charge in [0.25, 0.3) is 0 Å². The van der Waals surface area contributed by atoms with Gasteiger partial charge in [-0.15, -0.1) is 11.3 Å². The van der Waals surface area contributed by atoms with Crippen LogP contribution < -0.4 is 0 Å². The van der Waals surface area contributed by atoms with Crippen LogP contribution in [0.15, 0.2) is 182 Å². The molecule has 7 heteroatoms. The largest absolute Gasteiger partial charge is 0.208 e. The molecular formula is C48H30N6S. The molecule has 0 atom stereocenters. The van der Waals surface area contributed by atoms with E-state index in [9.17, 15) is 0 Å². The molecular weight excluding hydrogens is 693 g/mol. The molecule has 0 fully saturated rings. The Labute approximate surface area is 321 Å². The molecule has 10 rings (SSSR count). The van der Waals surface area contributed by atoms with Crippen LogP contribution in [0.25, 0.3) is 99.6 Å². The first-order valence-corrected chi connectivity index (χ1v) is 18.8. The summed E-state index contributed by atoms with van der Waals surface area (Å²) in [7, 11) is 0. The van der Waals surface area contributed by atoms with Crippen molar-refractivity contribution in [1.82, 2.24) is 29.9 Å². The molecule has 7 aromatic carbocycles. The molecule has 0 aliphatic heterocycles. The molecule has 3 aromatic heterocycles. The van der Waals surface area contributed by atoms with Crippen LogP contribution in [0.5, 0.6) is 0 Å². The van der Waals surface area contributed by atoms with Crippen LogP contribution in [0.4, 0.5) is 0 Å². The minimum atomic E-state index is 0.639. The van der Waals surface area contributed by atoms with E-state index < -0.39 is 0 Å². The van der Waals surface area contributed by atoms with Crippen LogP contribution in [-0.4, -0.2) is 29.9 Å². The monoisotopic (exact) mass is 722 g/mol. The highest BCUT2D eigenvalue weighted by Crippen LogP contribution is 2.39. The molecule has 55 heavy (non-hydrogen) atoms. The fraction of sp³-hybridized carbons (Fsp3) is 0. The van der Waals surface area contributed by atoms with Gasteiger partial charge in [-0.05, 0) is 35.4 Å². The Morgan fingerprint density at radius 3 is 1.02 bits per heavy atom. The third kappa shape index (κ3) is 6.43. The van der Waals surface area contributed by atoms with E-state index >= 15 is 0 Å². The van der Waals surface area contributed by atoms with E-state index in [0.717, 1.165) is 44.5 Å². The second kappa shape index (κ2) is 14.0. The molecule has 6 nitrogen and oxygen atoms in total. The zero-order valence-corrected chi connectivity index (χ0v) is 30.2. The highest BCUT2D eigenvalue weighted by molar-refractivity contribution is 7.25. The predicted octanol–water partition coefficient (Wildman–Crippen LogP) is 12.1. The van der Waals surface area contributed by atoms with Gasteiger partial charge in [-0.1, -0.05) is 158 Å². The SMILES string of the molecule is c1ccc(-c2nc(-c3ccccc3)nc(-c3ccc(-c4ccc5c(c4)sc4ccc(-c6nc(-c7ccccc7)nc(-c7ccccc7)n6)cc45)cc3)n2)cc1. The van der Waals surface area contributed by atoms with Crippen molar-refractivity contribution in [3.05, 3.63) is 182 Å². The number of nitrogens with zero attached hydrogens (tertiary/aromatic N) is 6. The lowest BCUT2D eigenvalue weighted by molar-refractivity contribution is 1.07. The topological polar surface area (TPSA) is 77.3 Å². The van der Waals surface area contributed by atoms with Crippen molar-refractivity contribution < 1.29 is 0 Å². The van der Waals surface area contributed by atoms with Crippen LogP contribution in [0, 0.1) is 0 Å². The zero-order chi connectivity index (χ0) is 36.6. The molecule has 0 N–H and O–H groups in total. The maximum absolute atomic E-state index is 4.96. The summed E-state index contributed by atoms with van der Waals surface area (Å²) in [5.41, 5.74) is 7.95. The van der Waals surface area contributed by atoms with Crippen LogP contribution in [0.3, 0.4) is 0 Å². The molecule has 0 amide bonds. The molecule has 3 heterocycles. The van der Waals surface area contributed by atoms with Gasteiger partial charge in [-0.2, -0.15) is 0 Å². The standard InChI is InChI=1S/C48H30N6S/c1-5-13-32(14-6-1)43-49-44(33-15-7-2-8-16-33)52-47(51-43)36-23-21-31(22-24-36)37-25-27-39-40-29-38(26-28-41(40)55-42(39)30-37)48-53-45(34-17-9-3-10-18-34)50-46(54-48)35-19-11-4-12-20-35/h1-30H. The first-order chi connectivity index (χ1) is 27.2. The van der Waals surface area contributed by atoms with Crippen LogP contribution >= 0.6 is 11.3 Å². The Kier molecular flexibility index (Phi) is 8.24. The lowest BCUT2D eigenvalue weighted by atomic mass is 10.0. The Hall–Kier alpha value is -7.22. The van der Waals surface area contributed by atoms with E-state index in [1.54, 1.807) is 11.3 Å². The number of hydrogen-bond acceptors (Lipinski definition) is 7. The average molecular weight is 723 g/mol. The second-order valence-corrected chi connectivity index (χ2v) is 14.3. The number of aromatic nitrogens is 6. The average Bonchev–Trinajstić information content (AvgIpc) is 3.64. The normalized spacial score (nSPS) is 11.3. The maximum Gasteiger partial charge on any atom is 0.164 e. The molecule has 10 aromatic rings.